The number of carbonyl (C=O) groups is 1. The summed E-state index contributed by atoms with van der Waals surface area (Å²) in [7, 11) is 0. The zero-order valence-corrected chi connectivity index (χ0v) is 7.51. The van der Waals surface area contributed by atoms with Crippen molar-refractivity contribution >= 4 is 23.6 Å². The Labute approximate surface area is 80.9 Å². The Morgan fingerprint density at radius 1 is 1.62 bits per heavy atom. The monoisotopic (exact) mass is 194 g/mol. The minimum atomic E-state index is 0.174. The maximum absolute atomic E-state index is 9.97. The molecule has 0 aromatic carbocycles. The SMILES string of the molecule is Nc1ccc(Cl)nc1C#CCC=O. The highest BCUT2D eigenvalue weighted by molar-refractivity contribution is 6.29. The predicted octanol–water partition coefficient (Wildman–Crippen LogP) is 1.26. The van der Waals surface area contributed by atoms with Crippen LogP contribution in [0, 0.1) is 11.8 Å². The lowest BCUT2D eigenvalue weighted by Crippen LogP contribution is -1.93. The van der Waals surface area contributed by atoms with Crippen LogP contribution in [0.2, 0.25) is 5.15 Å². The molecule has 0 aliphatic carbocycles. The van der Waals surface area contributed by atoms with E-state index >= 15 is 0 Å². The molecule has 0 atom stereocenters. The Hall–Kier alpha value is -1.53. The lowest BCUT2D eigenvalue weighted by atomic mass is 10.3. The van der Waals surface area contributed by atoms with E-state index in [-0.39, 0.29) is 6.42 Å². The summed E-state index contributed by atoms with van der Waals surface area (Å²) in [6.07, 6.45) is 0.890. The third-order valence-electron chi connectivity index (χ3n) is 1.28. The molecule has 13 heavy (non-hydrogen) atoms. The number of nitrogens with zero attached hydrogens (tertiary/aromatic N) is 1. The van der Waals surface area contributed by atoms with Crippen LogP contribution in [-0.4, -0.2) is 11.3 Å². The number of aromatic nitrogens is 1. The van der Waals surface area contributed by atoms with Gasteiger partial charge in [-0.1, -0.05) is 17.5 Å². The predicted molar refractivity (Wildman–Crippen MR) is 51.2 cm³/mol. The van der Waals surface area contributed by atoms with E-state index in [1.54, 1.807) is 12.1 Å². The van der Waals surface area contributed by atoms with Crippen LogP contribution in [0.1, 0.15) is 12.1 Å². The molecule has 0 spiro atoms. The molecule has 1 aromatic rings. The van der Waals surface area contributed by atoms with Crippen molar-refractivity contribution in [3.8, 4) is 11.8 Å². The second-order valence-electron chi connectivity index (χ2n) is 2.24. The molecule has 0 bridgehead atoms. The fraction of sp³-hybridized carbons (Fsp3) is 0.111. The van der Waals surface area contributed by atoms with Crippen LogP contribution in [0.4, 0.5) is 5.69 Å². The average Bonchev–Trinajstić information content (AvgIpc) is 2.11. The smallest absolute Gasteiger partial charge is 0.137 e. The van der Waals surface area contributed by atoms with E-state index < -0.39 is 0 Å². The summed E-state index contributed by atoms with van der Waals surface area (Å²) >= 11 is 5.63. The Kier molecular flexibility index (Phi) is 3.30. The van der Waals surface area contributed by atoms with Gasteiger partial charge in [-0.25, -0.2) is 4.98 Å². The van der Waals surface area contributed by atoms with Gasteiger partial charge in [0.25, 0.3) is 0 Å². The standard InChI is InChI=1S/C9H7ClN2O/c10-9-5-4-7(11)8(12-9)3-1-2-6-13/h4-6H,2,11H2. The molecule has 0 fully saturated rings. The summed E-state index contributed by atoms with van der Waals surface area (Å²) in [5.74, 6) is 5.25. The Morgan fingerprint density at radius 2 is 2.38 bits per heavy atom. The van der Waals surface area contributed by atoms with E-state index in [1.807, 2.05) is 0 Å². The van der Waals surface area contributed by atoms with Crippen molar-refractivity contribution in [2.45, 2.75) is 6.42 Å². The number of hydrogen-bond donors (Lipinski definition) is 1. The minimum Gasteiger partial charge on any atom is -0.396 e. The van der Waals surface area contributed by atoms with Crippen LogP contribution in [0.5, 0.6) is 0 Å². The molecular formula is C9H7ClN2O. The second kappa shape index (κ2) is 4.48. The summed E-state index contributed by atoms with van der Waals surface area (Å²) in [5.41, 5.74) is 6.43. The molecule has 1 aromatic heterocycles. The largest absolute Gasteiger partial charge is 0.396 e. The lowest BCUT2D eigenvalue weighted by molar-refractivity contribution is -0.107. The van der Waals surface area contributed by atoms with E-state index in [4.69, 9.17) is 17.3 Å². The number of rotatable bonds is 1. The normalized spacial score (nSPS) is 8.69. The van der Waals surface area contributed by atoms with Gasteiger partial charge >= 0.3 is 0 Å². The summed E-state index contributed by atoms with van der Waals surface area (Å²) in [6, 6.07) is 3.21. The van der Waals surface area contributed by atoms with Crippen LogP contribution in [0.15, 0.2) is 12.1 Å². The van der Waals surface area contributed by atoms with Gasteiger partial charge in [-0.2, -0.15) is 0 Å². The first-order valence-corrected chi connectivity index (χ1v) is 3.96. The molecule has 4 heteroatoms. The fourth-order valence-corrected chi connectivity index (χ4v) is 0.870. The van der Waals surface area contributed by atoms with Crippen molar-refractivity contribution in [1.29, 1.82) is 0 Å². The quantitative estimate of drug-likeness (QED) is 0.416. The molecule has 0 aliphatic rings. The van der Waals surface area contributed by atoms with Crippen LogP contribution < -0.4 is 5.73 Å². The molecule has 0 aliphatic heterocycles. The van der Waals surface area contributed by atoms with Crippen molar-refractivity contribution in [3.63, 3.8) is 0 Å². The van der Waals surface area contributed by atoms with E-state index in [2.05, 4.69) is 16.8 Å². The van der Waals surface area contributed by atoms with Gasteiger partial charge in [-0.3, -0.25) is 0 Å². The van der Waals surface area contributed by atoms with Crippen molar-refractivity contribution < 1.29 is 4.79 Å². The van der Waals surface area contributed by atoms with E-state index in [0.29, 0.717) is 22.8 Å². The van der Waals surface area contributed by atoms with Gasteiger partial charge in [0.2, 0.25) is 0 Å². The zero-order valence-electron chi connectivity index (χ0n) is 6.75. The molecule has 0 saturated heterocycles. The third kappa shape index (κ3) is 2.77. The molecule has 66 valence electrons. The van der Waals surface area contributed by atoms with Gasteiger partial charge < -0.3 is 10.5 Å². The molecule has 2 N–H and O–H groups in total. The first kappa shape index (κ1) is 9.56. The number of anilines is 1. The Balaban J connectivity index is 2.95. The minimum absolute atomic E-state index is 0.174. The lowest BCUT2D eigenvalue weighted by Gasteiger charge is -1.96. The van der Waals surface area contributed by atoms with Gasteiger partial charge in [-0.15, -0.1) is 0 Å². The van der Waals surface area contributed by atoms with Gasteiger partial charge in [0.1, 0.15) is 17.1 Å². The van der Waals surface area contributed by atoms with Crippen molar-refractivity contribution in [3.05, 3.63) is 23.0 Å². The molecule has 0 radical (unpaired) electrons. The highest BCUT2D eigenvalue weighted by Gasteiger charge is 1.96. The van der Waals surface area contributed by atoms with Gasteiger partial charge in [0, 0.05) is 0 Å². The number of nitrogens with two attached hydrogens (primary N) is 1. The molecule has 1 rings (SSSR count). The number of halogens is 1. The highest BCUT2D eigenvalue weighted by Crippen LogP contribution is 2.11. The summed E-state index contributed by atoms with van der Waals surface area (Å²) in [6.45, 7) is 0. The summed E-state index contributed by atoms with van der Waals surface area (Å²) in [4.78, 5) is 13.9. The maximum Gasteiger partial charge on any atom is 0.137 e. The van der Waals surface area contributed by atoms with E-state index in [9.17, 15) is 4.79 Å². The number of aldehydes is 1. The number of hydrogen-bond acceptors (Lipinski definition) is 3. The van der Waals surface area contributed by atoms with Crippen LogP contribution >= 0.6 is 11.6 Å². The summed E-state index contributed by atoms with van der Waals surface area (Å²) in [5, 5.41) is 0.338. The first-order valence-electron chi connectivity index (χ1n) is 3.58. The van der Waals surface area contributed by atoms with Gasteiger partial charge in [-0.05, 0) is 18.1 Å². The second-order valence-corrected chi connectivity index (χ2v) is 2.63. The number of carbonyl (C=O) groups excluding carboxylic acids is 1. The fourth-order valence-electron chi connectivity index (χ4n) is 0.723. The van der Waals surface area contributed by atoms with E-state index in [1.165, 1.54) is 0 Å². The molecule has 0 amide bonds. The zero-order chi connectivity index (χ0) is 9.68. The maximum atomic E-state index is 9.97. The first-order chi connectivity index (χ1) is 6.24. The Bertz CT molecular complexity index is 379. The van der Waals surface area contributed by atoms with Crippen LogP contribution in [0.3, 0.4) is 0 Å². The molecule has 1 heterocycles. The van der Waals surface area contributed by atoms with Crippen molar-refractivity contribution in [2.24, 2.45) is 0 Å². The van der Waals surface area contributed by atoms with Crippen LogP contribution in [-0.2, 0) is 4.79 Å². The summed E-state index contributed by atoms with van der Waals surface area (Å²) < 4.78 is 0. The molecule has 0 unspecified atom stereocenters. The number of nitrogen functional groups attached to an aromatic ring is 1. The topological polar surface area (TPSA) is 56.0 Å². The van der Waals surface area contributed by atoms with Gasteiger partial charge in [0.15, 0.2) is 0 Å². The Morgan fingerprint density at radius 3 is 3.08 bits per heavy atom. The number of pyridine rings is 1. The molecular weight excluding hydrogens is 188 g/mol. The molecule has 0 saturated carbocycles. The third-order valence-corrected chi connectivity index (χ3v) is 1.50. The average molecular weight is 195 g/mol. The van der Waals surface area contributed by atoms with Crippen molar-refractivity contribution in [2.75, 3.05) is 5.73 Å². The highest BCUT2D eigenvalue weighted by atomic mass is 35.5. The van der Waals surface area contributed by atoms with Gasteiger partial charge in [0.05, 0.1) is 12.1 Å². The van der Waals surface area contributed by atoms with E-state index in [0.717, 1.165) is 0 Å². The van der Waals surface area contributed by atoms with Crippen molar-refractivity contribution in [1.82, 2.24) is 4.98 Å². The molecule has 3 nitrogen and oxygen atoms in total. The van der Waals surface area contributed by atoms with Crippen LogP contribution in [0.25, 0.3) is 0 Å².